The molecule has 3 heterocycles. The molecular weight excluding hydrogens is 497 g/mol. The van der Waals surface area contributed by atoms with E-state index in [0.717, 1.165) is 11.1 Å². The first-order valence-corrected chi connectivity index (χ1v) is 11.4. The van der Waals surface area contributed by atoms with Gasteiger partial charge in [0.05, 0.1) is 23.3 Å². The van der Waals surface area contributed by atoms with Gasteiger partial charge >= 0.3 is 6.18 Å². The maximum absolute atomic E-state index is 13.0. The SMILES string of the molecule is Cc1cc(-n2nc3c(c2C(=O)NCC(N)=O)C(O)N[C@@]2(CCc4cc(OCC(F)(F)F)ccc42)C3)no1. The number of rotatable bonds is 6. The van der Waals surface area contributed by atoms with E-state index in [1.54, 1.807) is 25.1 Å². The lowest BCUT2D eigenvalue weighted by Crippen LogP contribution is -2.48. The van der Waals surface area contributed by atoms with Crippen LogP contribution < -0.4 is 21.1 Å². The second-order valence-corrected chi connectivity index (χ2v) is 9.09. The minimum absolute atomic E-state index is 0.0338. The van der Waals surface area contributed by atoms with Gasteiger partial charge in [0.1, 0.15) is 23.4 Å². The van der Waals surface area contributed by atoms with E-state index in [1.165, 1.54) is 10.7 Å². The van der Waals surface area contributed by atoms with Gasteiger partial charge < -0.3 is 25.4 Å². The Balaban J connectivity index is 1.51. The Morgan fingerprint density at radius 2 is 2.16 bits per heavy atom. The number of alkyl halides is 3. The molecule has 1 unspecified atom stereocenters. The van der Waals surface area contributed by atoms with Crippen molar-refractivity contribution in [2.24, 2.45) is 5.73 Å². The number of amides is 2. The zero-order chi connectivity index (χ0) is 26.5. The fraction of sp³-hybridized carbons (Fsp3) is 0.391. The smallest absolute Gasteiger partial charge is 0.422 e. The highest BCUT2D eigenvalue weighted by Gasteiger charge is 2.47. The van der Waals surface area contributed by atoms with Gasteiger partial charge in [-0.1, -0.05) is 11.2 Å². The van der Waals surface area contributed by atoms with E-state index in [9.17, 15) is 27.9 Å². The molecule has 1 spiro atoms. The lowest BCUT2D eigenvalue weighted by atomic mass is 9.82. The number of hydrogen-bond acceptors (Lipinski definition) is 8. The van der Waals surface area contributed by atoms with Crippen LogP contribution in [0.15, 0.2) is 28.8 Å². The largest absolute Gasteiger partial charge is 0.484 e. The number of benzene rings is 1. The van der Waals surface area contributed by atoms with Crippen LogP contribution in [0.5, 0.6) is 5.75 Å². The van der Waals surface area contributed by atoms with E-state index in [1.807, 2.05) is 0 Å². The third-order valence-electron chi connectivity index (χ3n) is 6.44. The Labute approximate surface area is 207 Å². The van der Waals surface area contributed by atoms with Crippen LogP contribution in [0.4, 0.5) is 13.2 Å². The van der Waals surface area contributed by atoms with Crippen LogP contribution in [0.3, 0.4) is 0 Å². The van der Waals surface area contributed by atoms with Crippen molar-refractivity contribution < 1.29 is 37.1 Å². The van der Waals surface area contributed by atoms with Crippen LogP contribution in [-0.2, 0) is 23.2 Å². The molecule has 2 atom stereocenters. The minimum Gasteiger partial charge on any atom is -0.484 e. The van der Waals surface area contributed by atoms with Gasteiger partial charge in [0.15, 0.2) is 12.4 Å². The van der Waals surface area contributed by atoms with Crippen molar-refractivity contribution in [2.45, 2.75) is 44.1 Å². The summed E-state index contributed by atoms with van der Waals surface area (Å²) in [7, 11) is 0. The van der Waals surface area contributed by atoms with Gasteiger partial charge in [0, 0.05) is 12.5 Å². The number of halogens is 3. The Morgan fingerprint density at radius 1 is 1.38 bits per heavy atom. The monoisotopic (exact) mass is 520 g/mol. The van der Waals surface area contributed by atoms with Crippen molar-refractivity contribution in [2.75, 3.05) is 13.2 Å². The Kier molecular flexibility index (Phi) is 5.95. The molecule has 14 heteroatoms. The van der Waals surface area contributed by atoms with Crippen LogP contribution in [0.25, 0.3) is 5.82 Å². The molecule has 5 N–H and O–H groups in total. The van der Waals surface area contributed by atoms with E-state index < -0.39 is 42.9 Å². The molecule has 1 aliphatic carbocycles. The first-order chi connectivity index (χ1) is 17.5. The summed E-state index contributed by atoms with van der Waals surface area (Å²) in [5, 5.41) is 25.3. The molecule has 11 nitrogen and oxygen atoms in total. The molecule has 1 aliphatic heterocycles. The van der Waals surface area contributed by atoms with E-state index in [2.05, 4.69) is 20.9 Å². The lowest BCUT2D eigenvalue weighted by Gasteiger charge is -2.38. The van der Waals surface area contributed by atoms with Crippen molar-refractivity contribution in [1.82, 2.24) is 25.6 Å². The predicted molar refractivity (Wildman–Crippen MR) is 120 cm³/mol. The van der Waals surface area contributed by atoms with E-state index in [4.69, 9.17) is 15.0 Å². The van der Waals surface area contributed by atoms with Gasteiger partial charge in [-0.2, -0.15) is 18.3 Å². The third-order valence-corrected chi connectivity index (χ3v) is 6.44. The van der Waals surface area contributed by atoms with Crippen LogP contribution >= 0.6 is 0 Å². The summed E-state index contributed by atoms with van der Waals surface area (Å²) < 4.78 is 48.9. The first kappa shape index (κ1) is 24.8. The third kappa shape index (κ3) is 4.64. The summed E-state index contributed by atoms with van der Waals surface area (Å²) in [6.07, 6.45) is -4.45. The van der Waals surface area contributed by atoms with Gasteiger partial charge in [-0.15, -0.1) is 0 Å². The zero-order valence-electron chi connectivity index (χ0n) is 19.6. The summed E-state index contributed by atoms with van der Waals surface area (Å²) in [6, 6.07) is 6.27. The second kappa shape index (κ2) is 8.88. The molecule has 196 valence electrons. The summed E-state index contributed by atoms with van der Waals surface area (Å²) in [5.41, 5.74) is 6.56. The Hall–Kier alpha value is -3.91. The summed E-state index contributed by atoms with van der Waals surface area (Å²) >= 11 is 0. The topological polar surface area (TPSA) is 158 Å². The number of hydrogen-bond donors (Lipinski definition) is 4. The van der Waals surface area contributed by atoms with Gasteiger partial charge in [-0.25, -0.2) is 4.68 Å². The number of carbonyl (C=O) groups is 2. The molecule has 1 aromatic carbocycles. The molecule has 0 radical (unpaired) electrons. The standard InChI is InChI=1S/C23H23F3N6O5/c1-11-6-17(31-37-11)32-19(21(35)28-9-16(27)33)18-15(30-32)8-22(29-20(18)34)5-4-12-7-13(2-3-14(12)22)36-10-23(24,25)26/h2-3,6-7,20,29,34H,4-5,8-10H2,1H3,(H2,27,33)(H,28,35)/t20?,22-/m0/s1. The molecule has 2 aliphatic rings. The predicted octanol–water partition coefficient (Wildman–Crippen LogP) is 1.30. The summed E-state index contributed by atoms with van der Waals surface area (Å²) in [4.78, 5) is 24.3. The molecule has 0 bridgehead atoms. The van der Waals surface area contributed by atoms with Crippen molar-refractivity contribution in [1.29, 1.82) is 0 Å². The van der Waals surface area contributed by atoms with Crippen molar-refractivity contribution >= 4 is 11.8 Å². The van der Waals surface area contributed by atoms with Crippen molar-refractivity contribution in [3.05, 3.63) is 58.1 Å². The average molecular weight is 520 g/mol. The number of nitrogens with one attached hydrogen (secondary N) is 2. The van der Waals surface area contributed by atoms with E-state index in [0.29, 0.717) is 24.3 Å². The molecule has 2 amide bonds. The molecule has 0 saturated carbocycles. The zero-order valence-corrected chi connectivity index (χ0v) is 19.6. The number of primary amides is 1. The molecule has 0 saturated heterocycles. The number of aromatic nitrogens is 3. The van der Waals surface area contributed by atoms with Crippen LogP contribution in [0, 0.1) is 6.92 Å². The Morgan fingerprint density at radius 3 is 2.84 bits per heavy atom. The molecule has 2 aromatic heterocycles. The van der Waals surface area contributed by atoms with Crippen LogP contribution in [-0.4, -0.2) is 51.2 Å². The highest BCUT2D eigenvalue weighted by molar-refractivity contribution is 5.97. The van der Waals surface area contributed by atoms with Crippen LogP contribution in [0.1, 0.15) is 51.3 Å². The first-order valence-electron chi connectivity index (χ1n) is 11.4. The second-order valence-electron chi connectivity index (χ2n) is 9.09. The number of carbonyl (C=O) groups excluding carboxylic acids is 2. The molecule has 0 fully saturated rings. The number of nitrogens with two attached hydrogens (primary N) is 1. The van der Waals surface area contributed by atoms with Crippen molar-refractivity contribution in [3.8, 4) is 11.6 Å². The molecule has 37 heavy (non-hydrogen) atoms. The number of aliphatic hydroxyl groups is 1. The van der Waals surface area contributed by atoms with Crippen molar-refractivity contribution in [3.63, 3.8) is 0 Å². The minimum atomic E-state index is -4.45. The fourth-order valence-electron chi connectivity index (χ4n) is 4.97. The molecular formula is C23H23F3N6O5. The van der Waals surface area contributed by atoms with Gasteiger partial charge in [0.25, 0.3) is 5.91 Å². The van der Waals surface area contributed by atoms with E-state index in [-0.39, 0.29) is 29.2 Å². The highest BCUT2D eigenvalue weighted by atomic mass is 19.4. The number of aliphatic hydroxyl groups excluding tert-OH is 1. The number of ether oxygens (including phenoxy) is 1. The maximum Gasteiger partial charge on any atom is 0.422 e. The van der Waals surface area contributed by atoms with E-state index >= 15 is 0 Å². The number of aryl methyl sites for hydroxylation is 2. The highest BCUT2D eigenvalue weighted by Crippen LogP contribution is 2.46. The molecule has 3 aromatic rings. The number of fused-ring (bicyclic) bond motifs is 3. The Bertz CT molecular complexity index is 1380. The van der Waals surface area contributed by atoms with Gasteiger partial charge in [-0.05, 0) is 43.0 Å². The molecule has 5 rings (SSSR count). The fourth-order valence-corrected chi connectivity index (χ4v) is 4.97. The van der Waals surface area contributed by atoms with Gasteiger partial charge in [0.2, 0.25) is 5.91 Å². The average Bonchev–Trinajstić information content (AvgIpc) is 3.51. The number of nitrogens with zero attached hydrogens (tertiary/aromatic N) is 3. The lowest BCUT2D eigenvalue weighted by molar-refractivity contribution is -0.153. The van der Waals surface area contributed by atoms with Gasteiger partial charge in [-0.3, -0.25) is 14.9 Å². The normalized spacial score (nSPS) is 20.5. The van der Waals surface area contributed by atoms with Crippen LogP contribution in [0.2, 0.25) is 0 Å². The summed E-state index contributed by atoms with van der Waals surface area (Å²) in [5.74, 6) is -0.664. The quantitative estimate of drug-likeness (QED) is 0.379. The maximum atomic E-state index is 13.0. The summed E-state index contributed by atoms with van der Waals surface area (Å²) in [6.45, 7) is -0.146.